The van der Waals surface area contributed by atoms with Gasteiger partial charge >= 0.3 is 5.97 Å². The summed E-state index contributed by atoms with van der Waals surface area (Å²) < 4.78 is 0. The zero-order valence-electron chi connectivity index (χ0n) is 11.3. The minimum Gasteiger partial charge on any atom is -0.480 e. The zero-order chi connectivity index (χ0) is 13.8. The van der Waals surface area contributed by atoms with Crippen LogP contribution in [0, 0.1) is 0 Å². The lowest BCUT2D eigenvalue weighted by Crippen LogP contribution is -2.40. The van der Waals surface area contributed by atoms with Crippen molar-refractivity contribution in [3.8, 4) is 0 Å². The number of aliphatic carboxylic acids is 1. The van der Waals surface area contributed by atoms with Crippen LogP contribution in [0.1, 0.15) is 58.3 Å². The van der Waals surface area contributed by atoms with Gasteiger partial charge in [0.05, 0.1) is 0 Å². The maximum atomic E-state index is 11.5. The van der Waals surface area contributed by atoms with E-state index in [1.165, 1.54) is 12.8 Å². The number of rotatable bonds is 11. The lowest BCUT2D eigenvalue weighted by Gasteiger charge is -2.13. The van der Waals surface area contributed by atoms with Gasteiger partial charge in [0.1, 0.15) is 6.04 Å². The standard InChI is InChI=1S/C13H26N2O3/c1-2-3-4-5-6-9-12(16)15-11(13(17)18)8-7-10-14/h11H,2-10,14H2,1H3,(H,15,16)(H,17,18)/t11-/m0/s1. The van der Waals surface area contributed by atoms with Crippen molar-refractivity contribution in [1.29, 1.82) is 0 Å². The molecule has 5 nitrogen and oxygen atoms in total. The van der Waals surface area contributed by atoms with Crippen LogP contribution in [0.4, 0.5) is 0 Å². The highest BCUT2D eigenvalue weighted by atomic mass is 16.4. The summed E-state index contributed by atoms with van der Waals surface area (Å²) >= 11 is 0. The van der Waals surface area contributed by atoms with Gasteiger partial charge in [-0.15, -0.1) is 0 Å². The van der Waals surface area contributed by atoms with E-state index in [9.17, 15) is 9.59 Å². The molecule has 0 saturated carbocycles. The second-order valence-electron chi connectivity index (χ2n) is 4.55. The second-order valence-corrected chi connectivity index (χ2v) is 4.55. The first-order chi connectivity index (χ1) is 8.61. The molecule has 4 N–H and O–H groups in total. The van der Waals surface area contributed by atoms with Crippen molar-refractivity contribution < 1.29 is 14.7 Å². The Bertz CT molecular complexity index is 244. The van der Waals surface area contributed by atoms with Crippen LogP contribution < -0.4 is 11.1 Å². The number of carboxylic acid groups (broad SMARTS) is 1. The topological polar surface area (TPSA) is 92.4 Å². The maximum absolute atomic E-state index is 11.5. The third-order valence-corrected chi connectivity index (χ3v) is 2.84. The number of nitrogens with two attached hydrogens (primary N) is 1. The van der Waals surface area contributed by atoms with Crippen molar-refractivity contribution in [3.05, 3.63) is 0 Å². The highest BCUT2D eigenvalue weighted by Crippen LogP contribution is 2.05. The maximum Gasteiger partial charge on any atom is 0.326 e. The van der Waals surface area contributed by atoms with Crippen LogP contribution in [0.5, 0.6) is 0 Å². The minimum atomic E-state index is -0.984. The Morgan fingerprint density at radius 1 is 1.17 bits per heavy atom. The molecule has 5 heteroatoms. The van der Waals surface area contributed by atoms with Gasteiger partial charge in [-0.2, -0.15) is 0 Å². The first-order valence-electron chi connectivity index (χ1n) is 6.84. The summed E-state index contributed by atoms with van der Waals surface area (Å²) in [6.07, 6.45) is 6.77. The lowest BCUT2D eigenvalue weighted by atomic mass is 10.1. The van der Waals surface area contributed by atoms with Crippen molar-refractivity contribution in [1.82, 2.24) is 5.32 Å². The molecule has 0 aliphatic heterocycles. The molecule has 0 unspecified atom stereocenters. The molecular weight excluding hydrogens is 232 g/mol. The summed E-state index contributed by atoms with van der Waals surface area (Å²) in [5, 5.41) is 11.5. The van der Waals surface area contributed by atoms with E-state index in [1.807, 2.05) is 0 Å². The summed E-state index contributed by atoms with van der Waals surface area (Å²) in [7, 11) is 0. The predicted octanol–water partition coefficient (Wildman–Crippen LogP) is 1.66. The van der Waals surface area contributed by atoms with Gasteiger partial charge in [0.2, 0.25) is 5.91 Å². The Morgan fingerprint density at radius 2 is 1.83 bits per heavy atom. The van der Waals surface area contributed by atoms with Gasteiger partial charge in [-0.3, -0.25) is 4.79 Å². The fraction of sp³-hybridized carbons (Fsp3) is 0.846. The van der Waals surface area contributed by atoms with E-state index >= 15 is 0 Å². The minimum absolute atomic E-state index is 0.170. The number of nitrogens with one attached hydrogen (secondary N) is 1. The number of hydrogen-bond donors (Lipinski definition) is 3. The monoisotopic (exact) mass is 258 g/mol. The molecule has 0 aromatic carbocycles. The quantitative estimate of drug-likeness (QED) is 0.491. The summed E-state index contributed by atoms with van der Waals surface area (Å²) in [4.78, 5) is 22.4. The third-order valence-electron chi connectivity index (χ3n) is 2.84. The van der Waals surface area contributed by atoms with Crippen LogP contribution in [0.15, 0.2) is 0 Å². The van der Waals surface area contributed by atoms with E-state index in [-0.39, 0.29) is 5.91 Å². The number of unbranched alkanes of at least 4 members (excludes halogenated alkanes) is 4. The van der Waals surface area contributed by atoms with Crippen LogP contribution in [0.2, 0.25) is 0 Å². The molecule has 1 amide bonds. The van der Waals surface area contributed by atoms with Gasteiger partial charge in [0.15, 0.2) is 0 Å². The van der Waals surface area contributed by atoms with Crippen molar-refractivity contribution in [2.24, 2.45) is 5.73 Å². The number of hydrogen-bond acceptors (Lipinski definition) is 3. The van der Waals surface area contributed by atoms with Gasteiger partial charge in [-0.05, 0) is 25.8 Å². The molecule has 0 radical (unpaired) electrons. The summed E-state index contributed by atoms with van der Waals surface area (Å²) in [5.74, 6) is -1.15. The van der Waals surface area contributed by atoms with E-state index in [0.29, 0.717) is 25.8 Å². The summed E-state index contributed by atoms with van der Waals surface area (Å²) in [6.45, 7) is 2.58. The van der Waals surface area contributed by atoms with Crippen molar-refractivity contribution in [2.45, 2.75) is 64.3 Å². The lowest BCUT2D eigenvalue weighted by molar-refractivity contribution is -0.142. The summed E-state index contributed by atoms with van der Waals surface area (Å²) in [5.41, 5.74) is 5.33. The molecule has 0 aromatic rings. The molecule has 0 spiro atoms. The highest BCUT2D eigenvalue weighted by Gasteiger charge is 2.18. The second kappa shape index (κ2) is 11.0. The van der Waals surface area contributed by atoms with Gasteiger partial charge < -0.3 is 16.2 Å². The molecule has 0 bridgehead atoms. The third kappa shape index (κ3) is 8.98. The van der Waals surface area contributed by atoms with E-state index < -0.39 is 12.0 Å². The number of carbonyl (C=O) groups excluding carboxylic acids is 1. The fourth-order valence-electron chi connectivity index (χ4n) is 1.73. The highest BCUT2D eigenvalue weighted by molar-refractivity contribution is 5.83. The first kappa shape index (κ1) is 16.9. The smallest absolute Gasteiger partial charge is 0.326 e. The van der Waals surface area contributed by atoms with E-state index in [0.717, 1.165) is 19.3 Å². The molecular formula is C13H26N2O3. The Labute approximate surface area is 109 Å². The summed E-state index contributed by atoms with van der Waals surface area (Å²) in [6, 6.07) is -0.795. The van der Waals surface area contributed by atoms with Gasteiger partial charge in [-0.1, -0.05) is 32.6 Å². The molecule has 0 rings (SSSR count). The SMILES string of the molecule is CCCCCCCC(=O)N[C@@H](CCCN)C(=O)O. The molecule has 106 valence electrons. The number of amides is 1. The van der Waals surface area contributed by atoms with E-state index in [1.54, 1.807) is 0 Å². The Balaban J connectivity index is 3.77. The van der Waals surface area contributed by atoms with Gasteiger partial charge in [0.25, 0.3) is 0 Å². The van der Waals surface area contributed by atoms with Gasteiger partial charge in [0, 0.05) is 6.42 Å². The Hall–Kier alpha value is -1.10. The van der Waals surface area contributed by atoms with Crippen LogP contribution >= 0.6 is 0 Å². The average Bonchev–Trinajstić information content (AvgIpc) is 2.33. The molecule has 1 atom stereocenters. The molecule has 0 aliphatic rings. The molecule has 0 heterocycles. The van der Waals surface area contributed by atoms with Crippen molar-refractivity contribution in [2.75, 3.05) is 6.54 Å². The van der Waals surface area contributed by atoms with Gasteiger partial charge in [-0.25, -0.2) is 4.79 Å². The number of carbonyl (C=O) groups is 2. The van der Waals surface area contributed by atoms with Crippen LogP contribution in [0.25, 0.3) is 0 Å². The molecule has 0 aliphatic carbocycles. The average molecular weight is 258 g/mol. The van der Waals surface area contributed by atoms with Crippen LogP contribution in [-0.2, 0) is 9.59 Å². The van der Waals surface area contributed by atoms with E-state index in [4.69, 9.17) is 10.8 Å². The van der Waals surface area contributed by atoms with Crippen molar-refractivity contribution in [3.63, 3.8) is 0 Å². The normalized spacial score (nSPS) is 12.1. The zero-order valence-corrected chi connectivity index (χ0v) is 11.3. The van der Waals surface area contributed by atoms with Crippen LogP contribution in [-0.4, -0.2) is 29.6 Å². The number of carboxylic acids is 1. The molecule has 0 aromatic heterocycles. The fourth-order valence-corrected chi connectivity index (χ4v) is 1.73. The Morgan fingerprint density at radius 3 is 2.39 bits per heavy atom. The molecule has 0 saturated heterocycles. The predicted molar refractivity (Wildman–Crippen MR) is 71.2 cm³/mol. The van der Waals surface area contributed by atoms with E-state index in [2.05, 4.69) is 12.2 Å². The molecule has 0 fully saturated rings. The Kier molecular flexibility index (Phi) is 10.3. The van der Waals surface area contributed by atoms with Crippen molar-refractivity contribution >= 4 is 11.9 Å². The van der Waals surface area contributed by atoms with Crippen LogP contribution in [0.3, 0.4) is 0 Å². The largest absolute Gasteiger partial charge is 0.480 e. The molecule has 18 heavy (non-hydrogen) atoms. The first-order valence-corrected chi connectivity index (χ1v) is 6.84.